The van der Waals surface area contributed by atoms with Gasteiger partial charge in [-0.1, -0.05) is 24.5 Å². The molecule has 6 heteroatoms. The zero-order valence-corrected chi connectivity index (χ0v) is 10.5. The fourth-order valence-electron chi connectivity index (χ4n) is 2.30. The standard InChI is InChI=1S/C12H20N4O2/c17-11-5-3-1-2-4-10(11)14-12(18)6-8-16-9-7-13-15-16/h7,9-11,17H,1-6,8H2,(H,14,18). The second-order valence-electron chi connectivity index (χ2n) is 4.80. The summed E-state index contributed by atoms with van der Waals surface area (Å²) in [5, 5.41) is 20.3. The van der Waals surface area contributed by atoms with Crippen molar-refractivity contribution in [1.29, 1.82) is 0 Å². The smallest absolute Gasteiger partial charge is 0.222 e. The number of hydrogen-bond donors (Lipinski definition) is 2. The minimum Gasteiger partial charge on any atom is -0.391 e. The van der Waals surface area contributed by atoms with E-state index in [-0.39, 0.29) is 11.9 Å². The summed E-state index contributed by atoms with van der Waals surface area (Å²) in [6, 6.07) is -0.0873. The van der Waals surface area contributed by atoms with Crippen LogP contribution in [0.1, 0.15) is 38.5 Å². The van der Waals surface area contributed by atoms with E-state index in [0.717, 1.165) is 32.1 Å². The van der Waals surface area contributed by atoms with Gasteiger partial charge in [0.05, 0.1) is 24.9 Å². The van der Waals surface area contributed by atoms with E-state index in [1.807, 2.05) is 0 Å². The molecular formula is C12H20N4O2. The molecule has 0 aliphatic heterocycles. The van der Waals surface area contributed by atoms with Crippen molar-refractivity contribution in [2.45, 2.75) is 57.2 Å². The number of aliphatic hydroxyl groups is 1. The molecule has 0 radical (unpaired) electrons. The predicted octanol–water partition coefficient (Wildman–Crippen LogP) is 0.478. The number of aromatic nitrogens is 3. The molecule has 100 valence electrons. The van der Waals surface area contributed by atoms with Crippen molar-refractivity contribution < 1.29 is 9.90 Å². The lowest BCUT2D eigenvalue weighted by Gasteiger charge is -2.21. The lowest BCUT2D eigenvalue weighted by atomic mass is 10.1. The van der Waals surface area contributed by atoms with Crippen LogP contribution in [0.2, 0.25) is 0 Å². The zero-order chi connectivity index (χ0) is 12.8. The summed E-state index contributed by atoms with van der Waals surface area (Å²) < 4.78 is 1.63. The number of rotatable bonds is 4. The van der Waals surface area contributed by atoms with Gasteiger partial charge in [-0.15, -0.1) is 5.10 Å². The van der Waals surface area contributed by atoms with Gasteiger partial charge in [0, 0.05) is 12.6 Å². The summed E-state index contributed by atoms with van der Waals surface area (Å²) in [7, 11) is 0. The molecule has 2 rings (SSSR count). The van der Waals surface area contributed by atoms with Crippen molar-refractivity contribution in [2.24, 2.45) is 0 Å². The van der Waals surface area contributed by atoms with Crippen LogP contribution in [-0.2, 0) is 11.3 Å². The Kier molecular flexibility index (Phi) is 4.69. The van der Waals surface area contributed by atoms with Crippen molar-refractivity contribution in [3.8, 4) is 0 Å². The predicted molar refractivity (Wildman–Crippen MR) is 65.7 cm³/mol. The van der Waals surface area contributed by atoms with E-state index >= 15 is 0 Å². The van der Waals surface area contributed by atoms with Crippen LogP contribution in [0.15, 0.2) is 12.4 Å². The molecule has 2 atom stereocenters. The van der Waals surface area contributed by atoms with Crippen LogP contribution in [0.25, 0.3) is 0 Å². The summed E-state index contributed by atoms with van der Waals surface area (Å²) in [6.07, 6.45) is 8.21. The molecule has 18 heavy (non-hydrogen) atoms. The molecule has 1 heterocycles. The van der Waals surface area contributed by atoms with Gasteiger partial charge in [0.15, 0.2) is 0 Å². The van der Waals surface area contributed by atoms with Gasteiger partial charge < -0.3 is 10.4 Å². The van der Waals surface area contributed by atoms with E-state index in [1.165, 1.54) is 0 Å². The Labute approximate surface area is 106 Å². The highest BCUT2D eigenvalue weighted by Crippen LogP contribution is 2.18. The lowest BCUT2D eigenvalue weighted by Crippen LogP contribution is -2.42. The SMILES string of the molecule is O=C(CCn1ccnn1)NC1CCCCCC1O. The highest BCUT2D eigenvalue weighted by Gasteiger charge is 2.22. The maximum atomic E-state index is 11.8. The number of aliphatic hydroxyl groups excluding tert-OH is 1. The van der Waals surface area contributed by atoms with Gasteiger partial charge >= 0.3 is 0 Å². The number of hydrogen-bond acceptors (Lipinski definition) is 4. The van der Waals surface area contributed by atoms with Gasteiger partial charge in [0.25, 0.3) is 0 Å². The maximum Gasteiger partial charge on any atom is 0.222 e. The van der Waals surface area contributed by atoms with Crippen LogP contribution in [0, 0.1) is 0 Å². The number of nitrogens with one attached hydrogen (secondary N) is 1. The van der Waals surface area contributed by atoms with Crippen molar-refractivity contribution >= 4 is 5.91 Å². The molecule has 2 unspecified atom stereocenters. The van der Waals surface area contributed by atoms with Crippen LogP contribution >= 0.6 is 0 Å². The third-order valence-electron chi connectivity index (χ3n) is 3.37. The van der Waals surface area contributed by atoms with Gasteiger partial charge in [-0.05, 0) is 12.8 Å². The van der Waals surface area contributed by atoms with Crippen LogP contribution < -0.4 is 5.32 Å². The number of aryl methyl sites for hydroxylation is 1. The van der Waals surface area contributed by atoms with Crippen molar-refractivity contribution in [1.82, 2.24) is 20.3 Å². The highest BCUT2D eigenvalue weighted by atomic mass is 16.3. The Balaban J connectivity index is 1.75. The maximum absolute atomic E-state index is 11.8. The van der Waals surface area contributed by atoms with Gasteiger partial charge in [-0.25, -0.2) is 0 Å². The topological polar surface area (TPSA) is 80.0 Å². The molecule has 1 saturated carbocycles. The first-order valence-corrected chi connectivity index (χ1v) is 6.57. The molecule has 1 aromatic heterocycles. The van der Waals surface area contributed by atoms with E-state index in [9.17, 15) is 9.90 Å². The highest BCUT2D eigenvalue weighted by molar-refractivity contribution is 5.76. The Morgan fingerprint density at radius 1 is 1.39 bits per heavy atom. The molecular weight excluding hydrogens is 232 g/mol. The Morgan fingerprint density at radius 3 is 3.00 bits per heavy atom. The van der Waals surface area contributed by atoms with E-state index in [2.05, 4.69) is 15.6 Å². The van der Waals surface area contributed by atoms with Crippen LogP contribution in [0.4, 0.5) is 0 Å². The van der Waals surface area contributed by atoms with E-state index in [1.54, 1.807) is 17.1 Å². The lowest BCUT2D eigenvalue weighted by molar-refractivity contribution is -0.123. The Bertz CT molecular complexity index is 366. The third-order valence-corrected chi connectivity index (χ3v) is 3.37. The summed E-state index contributed by atoms with van der Waals surface area (Å²) in [5.74, 6) is -0.0311. The van der Waals surface area contributed by atoms with Gasteiger partial charge in [0.1, 0.15) is 0 Å². The molecule has 1 fully saturated rings. The third kappa shape index (κ3) is 3.80. The summed E-state index contributed by atoms with van der Waals surface area (Å²) >= 11 is 0. The molecule has 1 amide bonds. The molecule has 2 N–H and O–H groups in total. The normalized spacial score (nSPS) is 24.5. The monoisotopic (exact) mass is 252 g/mol. The molecule has 0 spiro atoms. The average Bonchev–Trinajstić information content (AvgIpc) is 2.80. The second kappa shape index (κ2) is 6.49. The van der Waals surface area contributed by atoms with Crippen molar-refractivity contribution in [3.63, 3.8) is 0 Å². The number of carbonyl (C=O) groups excluding carboxylic acids is 1. The van der Waals surface area contributed by atoms with E-state index < -0.39 is 6.10 Å². The summed E-state index contributed by atoms with van der Waals surface area (Å²) in [5.41, 5.74) is 0. The van der Waals surface area contributed by atoms with Gasteiger partial charge in [0.2, 0.25) is 5.91 Å². The fraction of sp³-hybridized carbons (Fsp3) is 0.750. The molecule has 6 nitrogen and oxygen atoms in total. The molecule has 0 aromatic carbocycles. The second-order valence-corrected chi connectivity index (χ2v) is 4.80. The quantitative estimate of drug-likeness (QED) is 0.764. The summed E-state index contributed by atoms with van der Waals surface area (Å²) in [4.78, 5) is 11.8. The van der Waals surface area contributed by atoms with Crippen molar-refractivity contribution in [2.75, 3.05) is 0 Å². The first kappa shape index (κ1) is 13.0. The minimum absolute atomic E-state index is 0.0311. The van der Waals surface area contributed by atoms with Crippen LogP contribution in [0.5, 0.6) is 0 Å². The van der Waals surface area contributed by atoms with E-state index in [0.29, 0.717) is 13.0 Å². The molecule has 1 aliphatic rings. The van der Waals surface area contributed by atoms with Crippen LogP contribution in [-0.4, -0.2) is 38.2 Å². The zero-order valence-electron chi connectivity index (χ0n) is 10.5. The minimum atomic E-state index is -0.400. The molecule has 1 aliphatic carbocycles. The largest absolute Gasteiger partial charge is 0.391 e. The number of carbonyl (C=O) groups is 1. The Hall–Kier alpha value is -1.43. The first-order valence-electron chi connectivity index (χ1n) is 6.57. The average molecular weight is 252 g/mol. The van der Waals surface area contributed by atoms with Crippen LogP contribution in [0.3, 0.4) is 0 Å². The van der Waals surface area contributed by atoms with E-state index in [4.69, 9.17) is 0 Å². The fourth-order valence-corrected chi connectivity index (χ4v) is 2.30. The molecule has 0 saturated heterocycles. The molecule has 1 aromatic rings. The summed E-state index contributed by atoms with van der Waals surface area (Å²) in [6.45, 7) is 0.522. The molecule has 0 bridgehead atoms. The Morgan fingerprint density at radius 2 is 2.22 bits per heavy atom. The number of nitrogens with zero attached hydrogens (tertiary/aromatic N) is 3. The van der Waals surface area contributed by atoms with Crippen molar-refractivity contribution in [3.05, 3.63) is 12.4 Å². The van der Waals surface area contributed by atoms with Gasteiger partial charge in [-0.2, -0.15) is 0 Å². The van der Waals surface area contributed by atoms with Gasteiger partial charge in [-0.3, -0.25) is 9.48 Å². The first-order chi connectivity index (χ1) is 8.75. The number of amides is 1.